The summed E-state index contributed by atoms with van der Waals surface area (Å²) >= 11 is 1.66. The first-order chi connectivity index (χ1) is 8.65. The normalized spacial score (nSPS) is 10.7. The largest absolute Gasteiger partial charge is 0.496 e. The number of aryl methyl sites for hydroxylation is 2. The van der Waals surface area contributed by atoms with Gasteiger partial charge in [-0.05, 0) is 38.1 Å². The molecule has 2 aromatic rings. The van der Waals surface area contributed by atoms with Crippen molar-refractivity contribution in [3.8, 4) is 16.3 Å². The third-order valence-electron chi connectivity index (χ3n) is 2.79. The summed E-state index contributed by atoms with van der Waals surface area (Å²) in [5.74, 6) is 0.901. The standard InChI is InChI=1S/C14H18N2OS/c1-9-5-10(2)13(12(6-9)17-4)14-16-11(7-15-3)8-18-14/h5-6,8,15H,7H2,1-4H3. The maximum Gasteiger partial charge on any atom is 0.129 e. The molecule has 0 atom stereocenters. The highest BCUT2D eigenvalue weighted by atomic mass is 32.1. The molecule has 3 nitrogen and oxygen atoms in total. The second kappa shape index (κ2) is 5.50. The first kappa shape index (κ1) is 13.1. The monoisotopic (exact) mass is 262 g/mol. The van der Waals surface area contributed by atoms with E-state index in [1.807, 2.05) is 7.05 Å². The third-order valence-corrected chi connectivity index (χ3v) is 3.70. The van der Waals surface area contributed by atoms with Gasteiger partial charge in [0, 0.05) is 11.9 Å². The summed E-state index contributed by atoms with van der Waals surface area (Å²) in [7, 11) is 3.64. The molecule has 0 aliphatic carbocycles. The molecule has 0 amide bonds. The van der Waals surface area contributed by atoms with Gasteiger partial charge in [-0.25, -0.2) is 4.98 Å². The van der Waals surface area contributed by atoms with Crippen LogP contribution in [0.3, 0.4) is 0 Å². The summed E-state index contributed by atoms with van der Waals surface area (Å²) in [6, 6.07) is 4.22. The Morgan fingerprint density at radius 3 is 2.78 bits per heavy atom. The van der Waals surface area contributed by atoms with Gasteiger partial charge in [0.25, 0.3) is 0 Å². The fourth-order valence-corrected chi connectivity index (χ4v) is 2.98. The van der Waals surface area contributed by atoms with Gasteiger partial charge >= 0.3 is 0 Å². The van der Waals surface area contributed by atoms with Gasteiger partial charge in [-0.3, -0.25) is 0 Å². The molecule has 0 unspecified atom stereocenters. The lowest BCUT2D eigenvalue weighted by atomic mass is 10.0. The molecule has 0 saturated carbocycles. The Bertz CT molecular complexity index is 549. The van der Waals surface area contributed by atoms with Crippen LogP contribution in [0.5, 0.6) is 5.75 Å². The lowest BCUT2D eigenvalue weighted by Gasteiger charge is -2.10. The second-order valence-corrected chi connectivity index (χ2v) is 5.19. The maximum absolute atomic E-state index is 5.48. The third kappa shape index (κ3) is 2.54. The van der Waals surface area contributed by atoms with E-state index in [-0.39, 0.29) is 0 Å². The molecule has 96 valence electrons. The number of nitrogens with one attached hydrogen (secondary N) is 1. The summed E-state index contributed by atoms with van der Waals surface area (Å²) < 4.78 is 5.48. The Morgan fingerprint density at radius 2 is 2.11 bits per heavy atom. The Balaban J connectivity index is 2.48. The van der Waals surface area contributed by atoms with Crippen molar-refractivity contribution >= 4 is 11.3 Å². The zero-order valence-corrected chi connectivity index (χ0v) is 12.0. The molecule has 0 aliphatic heterocycles. The molecule has 1 aromatic carbocycles. The van der Waals surface area contributed by atoms with Crippen LogP contribution in [0.1, 0.15) is 16.8 Å². The van der Waals surface area contributed by atoms with Gasteiger partial charge in [-0.2, -0.15) is 0 Å². The fourth-order valence-electron chi connectivity index (χ4n) is 2.05. The SMILES string of the molecule is CNCc1csc(-c2c(C)cc(C)cc2OC)n1. The van der Waals surface area contributed by atoms with Gasteiger partial charge in [0.05, 0.1) is 18.4 Å². The van der Waals surface area contributed by atoms with Crippen molar-refractivity contribution in [3.05, 3.63) is 34.3 Å². The van der Waals surface area contributed by atoms with Crippen molar-refractivity contribution in [2.75, 3.05) is 14.2 Å². The van der Waals surface area contributed by atoms with Crippen molar-refractivity contribution in [1.29, 1.82) is 0 Å². The van der Waals surface area contributed by atoms with Crippen molar-refractivity contribution in [2.24, 2.45) is 0 Å². The molecular formula is C14H18N2OS. The predicted molar refractivity (Wildman–Crippen MR) is 76.3 cm³/mol. The van der Waals surface area contributed by atoms with Gasteiger partial charge in [0.2, 0.25) is 0 Å². The van der Waals surface area contributed by atoms with E-state index in [0.717, 1.165) is 28.6 Å². The Morgan fingerprint density at radius 1 is 1.33 bits per heavy atom. The van der Waals surface area contributed by atoms with Gasteiger partial charge in [0.1, 0.15) is 10.8 Å². The number of nitrogens with zero attached hydrogens (tertiary/aromatic N) is 1. The van der Waals surface area contributed by atoms with Crippen molar-refractivity contribution < 1.29 is 4.74 Å². The molecule has 0 bridgehead atoms. The topological polar surface area (TPSA) is 34.1 Å². The van der Waals surface area contributed by atoms with E-state index in [2.05, 4.69) is 41.7 Å². The van der Waals surface area contributed by atoms with Crippen molar-refractivity contribution in [3.63, 3.8) is 0 Å². The molecule has 0 spiro atoms. The lowest BCUT2D eigenvalue weighted by Crippen LogP contribution is -2.05. The smallest absolute Gasteiger partial charge is 0.129 e. The molecule has 1 aromatic heterocycles. The Hall–Kier alpha value is -1.39. The molecule has 4 heteroatoms. The van der Waals surface area contributed by atoms with Crippen LogP contribution in [0, 0.1) is 13.8 Å². The number of hydrogen-bond acceptors (Lipinski definition) is 4. The predicted octanol–water partition coefficient (Wildman–Crippen LogP) is 3.15. The molecular weight excluding hydrogens is 244 g/mol. The number of methoxy groups -OCH3 is 1. The fraction of sp³-hybridized carbons (Fsp3) is 0.357. The molecule has 2 rings (SSSR count). The molecule has 0 aliphatic rings. The minimum atomic E-state index is 0.795. The van der Waals surface area contributed by atoms with Crippen molar-refractivity contribution in [1.82, 2.24) is 10.3 Å². The van der Waals surface area contributed by atoms with E-state index in [1.54, 1.807) is 18.4 Å². The average Bonchev–Trinajstić information content (AvgIpc) is 2.76. The summed E-state index contributed by atoms with van der Waals surface area (Å²) in [6.07, 6.45) is 0. The highest BCUT2D eigenvalue weighted by molar-refractivity contribution is 7.13. The zero-order chi connectivity index (χ0) is 13.1. The van der Waals surface area contributed by atoms with Crippen LogP contribution < -0.4 is 10.1 Å². The minimum absolute atomic E-state index is 0.795. The van der Waals surface area contributed by atoms with E-state index in [0.29, 0.717) is 0 Å². The number of aromatic nitrogens is 1. The van der Waals surface area contributed by atoms with Crippen LogP contribution in [0.25, 0.3) is 10.6 Å². The van der Waals surface area contributed by atoms with Gasteiger partial charge < -0.3 is 10.1 Å². The van der Waals surface area contributed by atoms with Crippen LogP contribution in [0.2, 0.25) is 0 Å². The maximum atomic E-state index is 5.48. The summed E-state index contributed by atoms with van der Waals surface area (Å²) in [5, 5.41) is 6.22. The number of benzene rings is 1. The van der Waals surface area contributed by atoms with E-state index < -0.39 is 0 Å². The van der Waals surface area contributed by atoms with E-state index in [1.165, 1.54) is 11.1 Å². The summed E-state index contributed by atoms with van der Waals surface area (Å²) in [5.41, 5.74) is 4.59. The van der Waals surface area contributed by atoms with E-state index in [4.69, 9.17) is 4.74 Å². The molecule has 0 saturated heterocycles. The van der Waals surface area contributed by atoms with Crippen LogP contribution >= 0.6 is 11.3 Å². The van der Waals surface area contributed by atoms with Gasteiger partial charge in [0.15, 0.2) is 0 Å². The number of rotatable bonds is 4. The minimum Gasteiger partial charge on any atom is -0.496 e. The molecule has 1 N–H and O–H groups in total. The Kier molecular flexibility index (Phi) is 3.99. The second-order valence-electron chi connectivity index (χ2n) is 4.33. The highest BCUT2D eigenvalue weighted by Crippen LogP contribution is 2.36. The molecule has 0 fully saturated rings. The lowest BCUT2D eigenvalue weighted by molar-refractivity contribution is 0.416. The molecule has 18 heavy (non-hydrogen) atoms. The van der Waals surface area contributed by atoms with Crippen molar-refractivity contribution in [2.45, 2.75) is 20.4 Å². The number of hydrogen-bond donors (Lipinski definition) is 1. The van der Waals surface area contributed by atoms with Gasteiger partial charge in [-0.1, -0.05) is 6.07 Å². The summed E-state index contributed by atoms with van der Waals surface area (Å²) in [4.78, 5) is 4.65. The van der Waals surface area contributed by atoms with E-state index in [9.17, 15) is 0 Å². The quantitative estimate of drug-likeness (QED) is 0.919. The van der Waals surface area contributed by atoms with Crippen LogP contribution in [-0.4, -0.2) is 19.1 Å². The Labute approximate surface area is 112 Å². The first-order valence-corrected chi connectivity index (χ1v) is 6.78. The van der Waals surface area contributed by atoms with Crippen LogP contribution in [0.15, 0.2) is 17.5 Å². The molecule has 0 radical (unpaired) electrons. The van der Waals surface area contributed by atoms with Crippen LogP contribution in [-0.2, 0) is 6.54 Å². The average molecular weight is 262 g/mol. The first-order valence-electron chi connectivity index (χ1n) is 5.90. The van der Waals surface area contributed by atoms with E-state index >= 15 is 0 Å². The molecule has 1 heterocycles. The number of ether oxygens (including phenoxy) is 1. The van der Waals surface area contributed by atoms with Gasteiger partial charge in [-0.15, -0.1) is 11.3 Å². The number of thiazole rings is 1. The summed E-state index contributed by atoms with van der Waals surface area (Å²) in [6.45, 7) is 4.97. The zero-order valence-electron chi connectivity index (χ0n) is 11.2. The highest BCUT2D eigenvalue weighted by Gasteiger charge is 2.13. The van der Waals surface area contributed by atoms with Crippen LogP contribution in [0.4, 0.5) is 0 Å².